The summed E-state index contributed by atoms with van der Waals surface area (Å²) in [6.45, 7) is 8.15. The molecule has 5 aromatic carbocycles. The molecular weight excluding hydrogens is 963 g/mol. The van der Waals surface area contributed by atoms with E-state index in [9.17, 15) is 14.4 Å². The number of oxime groups is 1. The maximum atomic E-state index is 14.3. The Morgan fingerprint density at radius 3 is 2.16 bits per heavy atom. The number of rotatable bonds is 27. The smallest absolute Gasteiger partial charge is 0.258 e. The first-order valence-electron chi connectivity index (χ1n) is 26.7. The van der Waals surface area contributed by atoms with E-state index in [1.165, 1.54) is 5.56 Å². The number of benzene rings is 5. The van der Waals surface area contributed by atoms with Gasteiger partial charge in [-0.3, -0.25) is 14.4 Å². The van der Waals surface area contributed by atoms with Crippen LogP contribution in [0.1, 0.15) is 99.5 Å². The third-order valence-corrected chi connectivity index (χ3v) is 14.6. The molecule has 0 spiro atoms. The van der Waals surface area contributed by atoms with Crippen LogP contribution in [0.4, 0.5) is 22.7 Å². The summed E-state index contributed by atoms with van der Waals surface area (Å²) < 4.78 is 38.1. The van der Waals surface area contributed by atoms with Crippen LogP contribution in [0.2, 0.25) is 0 Å². The summed E-state index contributed by atoms with van der Waals surface area (Å²) in [5.41, 5.74) is 10.7. The summed E-state index contributed by atoms with van der Waals surface area (Å²) in [7, 11) is 5.18. The lowest BCUT2D eigenvalue weighted by Crippen LogP contribution is -2.38. The molecule has 0 bridgehead atoms. The van der Waals surface area contributed by atoms with Gasteiger partial charge in [0.15, 0.2) is 11.5 Å². The van der Waals surface area contributed by atoms with E-state index in [-0.39, 0.29) is 42.9 Å². The largest absolute Gasteiger partial charge is 0.493 e. The summed E-state index contributed by atoms with van der Waals surface area (Å²) in [4.78, 5) is 53.0. The zero-order chi connectivity index (χ0) is 53.0. The average molecular weight is 1030 g/mol. The molecule has 4 aliphatic rings. The van der Waals surface area contributed by atoms with Crippen molar-refractivity contribution in [3.05, 3.63) is 136 Å². The summed E-state index contributed by atoms with van der Waals surface area (Å²) in [6.07, 6.45) is 11.3. The van der Waals surface area contributed by atoms with Crippen molar-refractivity contribution in [1.82, 2.24) is 0 Å². The molecule has 0 radical (unpaired) electrons. The predicted octanol–water partition coefficient (Wildman–Crippen LogP) is 9.51. The minimum Gasteiger partial charge on any atom is -0.493 e. The van der Waals surface area contributed by atoms with Crippen molar-refractivity contribution >= 4 is 52.8 Å². The van der Waals surface area contributed by atoms with Crippen LogP contribution in [0.25, 0.3) is 0 Å². The zero-order valence-corrected chi connectivity index (χ0v) is 44.6. The molecule has 15 heteroatoms. The topological polar surface area (TPSA) is 141 Å². The molecule has 0 aliphatic carbocycles. The van der Waals surface area contributed by atoms with Gasteiger partial charge in [0.25, 0.3) is 5.91 Å². The minimum absolute atomic E-state index is 0.0217. The van der Waals surface area contributed by atoms with E-state index in [2.05, 4.69) is 46.6 Å². The lowest BCUT2D eigenvalue weighted by Gasteiger charge is -2.26. The summed E-state index contributed by atoms with van der Waals surface area (Å²) in [6, 6.07) is 30.1. The number of ether oxygens (including phenoxy) is 6. The monoisotopic (exact) mass is 1030 g/mol. The van der Waals surface area contributed by atoms with Crippen LogP contribution in [0, 0.1) is 6.92 Å². The Balaban J connectivity index is 0.974. The molecule has 0 aromatic heterocycles. The number of carbonyl (C=O) groups is 3. The second-order valence-electron chi connectivity index (χ2n) is 19.8. The van der Waals surface area contributed by atoms with Crippen molar-refractivity contribution in [2.45, 2.75) is 96.9 Å². The number of para-hydroxylation sites is 2. The molecule has 9 rings (SSSR count). The fourth-order valence-electron chi connectivity index (χ4n) is 10.8. The zero-order valence-electron chi connectivity index (χ0n) is 44.6. The van der Waals surface area contributed by atoms with Crippen molar-refractivity contribution in [3.63, 3.8) is 0 Å². The molecule has 5 aromatic rings. The first-order valence-corrected chi connectivity index (χ1v) is 26.7. The van der Waals surface area contributed by atoms with Gasteiger partial charge >= 0.3 is 0 Å². The van der Waals surface area contributed by atoms with Gasteiger partial charge in [0.2, 0.25) is 5.91 Å². The van der Waals surface area contributed by atoms with Crippen LogP contribution in [0.15, 0.2) is 96.2 Å². The maximum Gasteiger partial charge on any atom is 0.258 e. The first-order chi connectivity index (χ1) is 37.1. The third kappa shape index (κ3) is 12.6. The van der Waals surface area contributed by atoms with Crippen molar-refractivity contribution in [1.29, 1.82) is 0 Å². The molecule has 4 aliphatic heterocycles. The molecule has 0 saturated carbocycles. The first kappa shape index (κ1) is 53.7. The van der Waals surface area contributed by atoms with Crippen molar-refractivity contribution < 1.29 is 52.2 Å². The number of fused-ring (bicyclic) bond motifs is 8. The number of methoxy groups -OCH3 is 2. The Hall–Kier alpha value is -7.07. The SMILES string of the molecule is CC=NOCCCCC(=O)CCCN(CCOCCOCCOC)c1cc(COc2cc3c(cc2C)C(=O)N2c4ccccc4C[C@H]2[C-]=[N+]3C)cc(COc2cc3c(cc2OC)C(=O)N2c4ccccc4C[C@H]2CC3)c1. The summed E-state index contributed by atoms with van der Waals surface area (Å²) >= 11 is 0. The number of Topliss-reactive ketones (excluding diaryl/α,β-unsaturated/α-hetero) is 1. The highest BCUT2D eigenvalue weighted by Gasteiger charge is 2.38. The average Bonchev–Trinajstić information content (AvgIpc) is 3.93. The second-order valence-corrected chi connectivity index (χ2v) is 19.8. The van der Waals surface area contributed by atoms with Crippen LogP contribution in [-0.2, 0) is 56.3 Å². The highest BCUT2D eigenvalue weighted by Crippen LogP contribution is 2.42. The normalized spacial score (nSPS) is 16.2. The molecule has 2 amide bonds. The molecule has 400 valence electrons. The molecule has 0 unspecified atom stereocenters. The van der Waals surface area contributed by atoms with Gasteiger partial charge < -0.3 is 52.5 Å². The lowest BCUT2D eigenvalue weighted by atomic mass is 9.99. The molecule has 0 N–H and O–H groups in total. The van der Waals surface area contributed by atoms with E-state index in [0.29, 0.717) is 107 Å². The Morgan fingerprint density at radius 1 is 0.724 bits per heavy atom. The van der Waals surface area contributed by atoms with Crippen LogP contribution < -0.4 is 28.9 Å². The van der Waals surface area contributed by atoms with E-state index in [4.69, 9.17) is 33.3 Å². The quantitative estimate of drug-likeness (QED) is 0.0163. The molecular formula is C61H71N5O10. The summed E-state index contributed by atoms with van der Waals surface area (Å²) in [5.74, 6) is 1.82. The molecule has 2 atom stereocenters. The van der Waals surface area contributed by atoms with E-state index in [1.807, 2.05) is 89.0 Å². The standard InChI is InChI=1S/C61H71N5O10/c1-6-62-76-24-12-11-16-51(67)17-13-22-64(23-25-72-28-29-73-27-26-70-4)49-32-43(40-74-57-38-56-53(30-42(57)2)61(69)66-50(39-63(56)3)35-47-15-8-10-19-55(47)66)31-44(33-49)41-75-59-36-45-20-21-48-34-46-14-7-9-18-54(46)65(48)60(68)52(45)37-58(59)71-5/h6-10,14-15,18-19,30-33,36-38,48,50H,11-13,16-17,20-29,34-35,40-41H2,1-5H3/t48-,50+/m1/s1. The Labute approximate surface area is 446 Å². The minimum atomic E-state index is -0.216. The van der Waals surface area contributed by atoms with Crippen molar-refractivity contribution in [2.75, 3.05) is 88.7 Å². The van der Waals surface area contributed by atoms with Gasteiger partial charge in [-0.2, -0.15) is 0 Å². The van der Waals surface area contributed by atoms with Gasteiger partial charge in [-0.1, -0.05) is 47.6 Å². The predicted molar refractivity (Wildman–Crippen MR) is 294 cm³/mol. The van der Waals surface area contributed by atoms with Crippen molar-refractivity contribution in [3.8, 4) is 17.2 Å². The molecule has 0 fully saturated rings. The van der Waals surface area contributed by atoms with Crippen LogP contribution in [-0.4, -0.2) is 121 Å². The Morgan fingerprint density at radius 2 is 1.41 bits per heavy atom. The molecule has 0 saturated heterocycles. The Kier molecular flexibility index (Phi) is 18.1. The molecule has 4 heterocycles. The number of hydrogen-bond acceptors (Lipinski definition) is 12. The number of anilines is 3. The van der Waals surface area contributed by atoms with Crippen LogP contribution in [0.3, 0.4) is 0 Å². The van der Waals surface area contributed by atoms with Gasteiger partial charge in [-0.15, -0.1) is 0 Å². The number of nitrogens with zero attached hydrogens (tertiary/aromatic N) is 5. The Bertz CT molecular complexity index is 2940. The molecule has 76 heavy (non-hydrogen) atoms. The van der Waals surface area contributed by atoms with Gasteiger partial charge in [0, 0.05) is 85.7 Å². The maximum absolute atomic E-state index is 14.3. The van der Waals surface area contributed by atoms with E-state index >= 15 is 0 Å². The fraction of sp³-hybridized carbons (Fsp3) is 0.426. The number of amides is 2. The van der Waals surface area contributed by atoms with Crippen LogP contribution >= 0.6 is 0 Å². The van der Waals surface area contributed by atoms with Crippen molar-refractivity contribution in [2.24, 2.45) is 5.16 Å². The van der Waals surface area contributed by atoms with Gasteiger partial charge in [0.05, 0.1) is 45.8 Å². The van der Waals surface area contributed by atoms with Gasteiger partial charge in [0.1, 0.15) is 38.4 Å². The molecule has 15 nitrogen and oxygen atoms in total. The highest BCUT2D eigenvalue weighted by molar-refractivity contribution is 6.13. The van der Waals surface area contributed by atoms with Crippen LogP contribution in [0.5, 0.6) is 17.2 Å². The van der Waals surface area contributed by atoms with E-state index in [1.54, 1.807) is 27.4 Å². The number of unbranched alkanes of at least 4 members (excludes halogenated alkanes) is 1. The van der Waals surface area contributed by atoms with Gasteiger partial charge in [-0.05, 0) is 141 Å². The fourth-order valence-corrected chi connectivity index (χ4v) is 10.8. The second kappa shape index (κ2) is 25.6. The number of ketones is 1. The van der Waals surface area contributed by atoms with E-state index in [0.717, 1.165) is 82.7 Å². The van der Waals surface area contributed by atoms with E-state index < -0.39 is 0 Å². The highest BCUT2D eigenvalue weighted by atomic mass is 16.6. The summed E-state index contributed by atoms with van der Waals surface area (Å²) in [5, 5.41) is 3.80. The number of hydrogen-bond donors (Lipinski definition) is 0. The number of carbonyl (C=O) groups excluding carboxylic acids is 3. The van der Waals surface area contributed by atoms with Gasteiger partial charge in [-0.25, -0.2) is 0 Å². The lowest BCUT2D eigenvalue weighted by molar-refractivity contribution is -0.401. The number of aryl methyl sites for hydroxylation is 2. The third-order valence-electron chi connectivity index (χ3n) is 14.6.